The van der Waals surface area contributed by atoms with E-state index in [9.17, 15) is 4.79 Å². The minimum absolute atomic E-state index is 0.192. The second kappa shape index (κ2) is 10.2. The van der Waals surface area contributed by atoms with Gasteiger partial charge in [0.25, 0.3) is 5.91 Å². The van der Waals surface area contributed by atoms with Gasteiger partial charge in [-0.25, -0.2) is 15.0 Å². The molecule has 4 rings (SSSR count). The van der Waals surface area contributed by atoms with Crippen molar-refractivity contribution in [1.29, 1.82) is 5.26 Å². The highest BCUT2D eigenvalue weighted by atomic mass is 32.1. The van der Waals surface area contributed by atoms with Crippen molar-refractivity contribution in [2.75, 3.05) is 25.0 Å². The zero-order valence-corrected chi connectivity index (χ0v) is 18.5. The SMILES string of the molecule is Cc1cc(Nc2nc(C(=O)NCc3ccnnc3)cs2)nc([C@@H]2CCCN(CC#N)C2)n1. The molecule has 0 aromatic carbocycles. The molecule has 0 aliphatic carbocycles. The molecular formula is C21H23N9OS. The number of aryl methyl sites for hydroxylation is 1. The van der Waals surface area contributed by atoms with Gasteiger partial charge in [0.05, 0.1) is 18.8 Å². The van der Waals surface area contributed by atoms with Crippen LogP contribution < -0.4 is 10.6 Å². The Hall–Kier alpha value is -3.49. The van der Waals surface area contributed by atoms with Crippen LogP contribution in [0.15, 0.2) is 29.9 Å². The second-order valence-corrected chi connectivity index (χ2v) is 8.44. The Morgan fingerprint density at radius 3 is 3.06 bits per heavy atom. The summed E-state index contributed by atoms with van der Waals surface area (Å²) >= 11 is 1.34. The fourth-order valence-corrected chi connectivity index (χ4v) is 4.29. The summed E-state index contributed by atoms with van der Waals surface area (Å²) in [5.74, 6) is 1.35. The lowest BCUT2D eigenvalue weighted by Crippen LogP contribution is -2.35. The molecule has 1 aliphatic heterocycles. The number of thiazole rings is 1. The maximum atomic E-state index is 12.4. The zero-order valence-electron chi connectivity index (χ0n) is 17.7. The second-order valence-electron chi connectivity index (χ2n) is 7.58. The third-order valence-corrected chi connectivity index (χ3v) is 5.86. The molecule has 1 saturated heterocycles. The van der Waals surface area contributed by atoms with Gasteiger partial charge in [-0.15, -0.1) is 11.3 Å². The van der Waals surface area contributed by atoms with Crippen LogP contribution in [0.3, 0.4) is 0 Å². The van der Waals surface area contributed by atoms with Gasteiger partial charge in [-0.1, -0.05) is 0 Å². The summed E-state index contributed by atoms with van der Waals surface area (Å²) in [5.41, 5.74) is 2.06. The summed E-state index contributed by atoms with van der Waals surface area (Å²) < 4.78 is 0. The van der Waals surface area contributed by atoms with E-state index < -0.39 is 0 Å². The Morgan fingerprint density at radius 2 is 2.25 bits per heavy atom. The van der Waals surface area contributed by atoms with Gasteiger partial charge in [-0.2, -0.15) is 15.5 Å². The first-order chi connectivity index (χ1) is 15.6. The summed E-state index contributed by atoms with van der Waals surface area (Å²) in [6, 6.07) is 5.87. The molecule has 0 saturated carbocycles. The maximum absolute atomic E-state index is 12.4. The smallest absolute Gasteiger partial charge is 0.271 e. The van der Waals surface area contributed by atoms with E-state index in [1.54, 1.807) is 23.8 Å². The molecule has 0 bridgehead atoms. The van der Waals surface area contributed by atoms with Crippen LogP contribution in [0.2, 0.25) is 0 Å². The topological polar surface area (TPSA) is 133 Å². The Kier molecular flexibility index (Phi) is 6.94. The Bertz CT molecular complexity index is 1110. The van der Waals surface area contributed by atoms with Gasteiger partial charge in [0.1, 0.15) is 17.3 Å². The average Bonchev–Trinajstić information content (AvgIpc) is 3.27. The van der Waals surface area contributed by atoms with Crippen LogP contribution in [0.4, 0.5) is 10.9 Å². The number of nitriles is 1. The highest BCUT2D eigenvalue weighted by molar-refractivity contribution is 7.14. The number of nitrogens with zero attached hydrogens (tertiary/aromatic N) is 7. The van der Waals surface area contributed by atoms with E-state index in [1.807, 2.05) is 13.0 Å². The third-order valence-electron chi connectivity index (χ3n) is 5.11. The number of carbonyl (C=O) groups is 1. The van der Waals surface area contributed by atoms with E-state index in [2.05, 4.69) is 41.8 Å². The van der Waals surface area contributed by atoms with Crippen LogP contribution >= 0.6 is 11.3 Å². The predicted octanol–water partition coefficient (Wildman–Crippen LogP) is 2.41. The standard InChI is InChI=1S/C21H23N9OS/c1-14-9-18(28-19(26-14)16-3-2-7-30(12-16)8-5-22)29-21-27-17(13-32-21)20(31)23-10-15-4-6-24-25-11-15/h4,6,9,11,13,16H,2-3,7-8,10,12H2,1H3,(H,23,31)(H,26,27,28,29)/t16-/m1/s1. The Morgan fingerprint density at radius 1 is 1.34 bits per heavy atom. The summed E-state index contributed by atoms with van der Waals surface area (Å²) in [5, 5.41) is 24.8. The molecule has 164 valence electrons. The van der Waals surface area contributed by atoms with E-state index in [0.717, 1.165) is 43.0 Å². The Labute approximate surface area is 189 Å². The van der Waals surface area contributed by atoms with Crippen molar-refractivity contribution in [3.63, 3.8) is 0 Å². The normalized spacial score (nSPS) is 16.3. The van der Waals surface area contributed by atoms with Crippen LogP contribution in [0.1, 0.15) is 46.3 Å². The predicted molar refractivity (Wildman–Crippen MR) is 119 cm³/mol. The number of rotatable bonds is 7. The van der Waals surface area contributed by atoms with Crippen LogP contribution in [-0.4, -0.2) is 55.6 Å². The van der Waals surface area contributed by atoms with Gasteiger partial charge in [0, 0.05) is 42.3 Å². The molecule has 1 fully saturated rings. The largest absolute Gasteiger partial charge is 0.347 e. The van der Waals surface area contributed by atoms with E-state index >= 15 is 0 Å². The van der Waals surface area contributed by atoms with Crippen molar-refractivity contribution in [1.82, 2.24) is 35.4 Å². The van der Waals surface area contributed by atoms with Crippen molar-refractivity contribution in [3.05, 3.63) is 52.7 Å². The number of likely N-dealkylation sites (tertiary alicyclic amines) is 1. The molecule has 1 aliphatic rings. The number of hydrogen-bond acceptors (Lipinski definition) is 10. The van der Waals surface area contributed by atoms with Crippen molar-refractivity contribution < 1.29 is 4.79 Å². The van der Waals surface area contributed by atoms with Gasteiger partial charge in [0.15, 0.2) is 5.13 Å². The summed E-state index contributed by atoms with van der Waals surface area (Å²) in [6.45, 7) is 4.43. The van der Waals surface area contributed by atoms with Crippen molar-refractivity contribution in [2.45, 2.75) is 32.2 Å². The summed E-state index contributed by atoms with van der Waals surface area (Å²) in [7, 11) is 0. The molecular weight excluding hydrogens is 426 g/mol. The summed E-state index contributed by atoms with van der Waals surface area (Å²) in [6.07, 6.45) is 5.21. The van der Waals surface area contributed by atoms with Gasteiger partial charge in [0.2, 0.25) is 0 Å². The first-order valence-electron chi connectivity index (χ1n) is 10.3. The molecule has 11 heteroatoms. The van der Waals surface area contributed by atoms with Gasteiger partial charge < -0.3 is 10.6 Å². The minimum Gasteiger partial charge on any atom is -0.347 e. The minimum atomic E-state index is -0.259. The van der Waals surface area contributed by atoms with Crippen LogP contribution in [0.5, 0.6) is 0 Å². The summed E-state index contributed by atoms with van der Waals surface area (Å²) in [4.78, 5) is 28.3. The number of hydrogen-bond donors (Lipinski definition) is 2. The van der Waals surface area contributed by atoms with Gasteiger partial charge >= 0.3 is 0 Å². The van der Waals surface area contributed by atoms with Crippen LogP contribution in [-0.2, 0) is 6.54 Å². The molecule has 0 unspecified atom stereocenters. The first kappa shape index (κ1) is 21.7. The van der Waals surface area contributed by atoms with Crippen molar-refractivity contribution in [2.24, 2.45) is 0 Å². The van der Waals surface area contributed by atoms with Gasteiger partial charge in [-0.3, -0.25) is 9.69 Å². The van der Waals surface area contributed by atoms with Gasteiger partial charge in [-0.05, 0) is 37.9 Å². The molecule has 3 aromatic rings. The van der Waals surface area contributed by atoms with Crippen molar-refractivity contribution >= 4 is 28.2 Å². The van der Waals surface area contributed by atoms with E-state index in [-0.39, 0.29) is 11.8 Å². The third kappa shape index (κ3) is 5.60. The lowest BCUT2D eigenvalue weighted by atomic mass is 9.97. The maximum Gasteiger partial charge on any atom is 0.271 e. The Balaban J connectivity index is 1.41. The highest BCUT2D eigenvalue weighted by Crippen LogP contribution is 2.27. The lowest BCUT2D eigenvalue weighted by molar-refractivity contribution is 0.0946. The molecule has 1 amide bonds. The fraction of sp³-hybridized carbons (Fsp3) is 0.381. The molecule has 32 heavy (non-hydrogen) atoms. The molecule has 10 nitrogen and oxygen atoms in total. The van der Waals surface area contributed by atoms with Crippen LogP contribution in [0.25, 0.3) is 0 Å². The van der Waals surface area contributed by atoms with Crippen LogP contribution in [0, 0.1) is 18.3 Å². The number of amides is 1. The monoisotopic (exact) mass is 449 g/mol. The molecule has 1 atom stereocenters. The average molecular weight is 450 g/mol. The number of carbonyl (C=O) groups excluding carboxylic acids is 1. The number of piperidine rings is 1. The molecule has 2 N–H and O–H groups in total. The van der Waals surface area contributed by atoms with E-state index in [0.29, 0.717) is 29.7 Å². The zero-order chi connectivity index (χ0) is 22.3. The first-order valence-corrected chi connectivity index (χ1v) is 11.2. The molecule has 0 radical (unpaired) electrons. The number of aromatic nitrogens is 5. The van der Waals surface area contributed by atoms with Crippen molar-refractivity contribution in [3.8, 4) is 6.07 Å². The lowest BCUT2D eigenvalue weighted by Gasteiger charge is -2.30. The van der Waals surface area contributed by atoms with E-state index in [1.165, 1.54) is 11.3 Å². The highest BCUT2D eigenvalue weighted by Gasteiger charge is 2.24. The molecule has 3 aromatic heterocycles. The number of anilines is 2. The quantitative estimate of drug-likeness (QED) is 0.522. The molecule has 4 heterocycles. The number of nitrogens with one attached hydrogen (secondary N) is 2. The fourth-order valence-electron chi connectivity index (χ4n) is 3.59. The van der Waals surface area contributed by atoms with E-state index in [4.69, 9.17) is 10.2 Å². The molecule has 0 spiro atoms.